The van der Waals surface area contributed by atoms with Gasteiger partial charge in [-0.15, -0.1) is 0 Å². The Morgan fingerprint density at radius 1 is 1.22 bits per heavy atom. The van der Waals surface area contributed by atoms with Crippen molar-refractivity contribution in [3.63, 3.8) is 0 Å². The summed E-state index contributed by atoms with van der Waals surface area (Å²) >= 11 is 0. The van der Waals surface area contributed by atoms with E-state index in [4.69, 9.17) is 4.74 Å². The summed E-state index contributed by atoms with van der Waals surface area (Å²) in [5.41, 5.74) is 1.31. The van der Waals surface area contributed by atoms with Crippen LogP contribution in [0.25, 0.3) is 0 Å². The number of hydrogen-bond acceptors (Lipinski definition) is 2. The van der Waals surface area contributed by atoms with E-state index in [9.17, 15) is 4.79 Å². The fourth-order valence-electron chi connectivity index (χ4n) is 3.41. The van der Waals surface area contributed by atoms with Gasteiger partial charge in [-0.25, -0.2) is 4.79 Å². The number of benzene rings is 1. The number of rotatable bonds is 6. The lowest BCUT2D eigenvalue weighted by molar-refractivity contribution is 0.0217. The molecule has 1 aromatic rings. The van der Waals surface area contributed by atoms with Gasteiger partial charge in [-0.1, -0.05) is 30.3 Å². The molecule has 2 aliphatic rings. The smallest absolute Gasteiger partial charge is 0.317 e. The topological polar surface area (TPSA) is 41.6 Å². The molecule has 1 aliphatic heterocycles. The monoisotopic (exact) mass is 316 g/mol. The fourth-order valence-corrected chi connectivity index (χ4v) is 3.41. The van der Waals surface area contributed by atoms with Crippen molar-refractivity contribution in [2.24, 2.45) is 5.92 Å². The summed E-state index contributed by atoms with van der Waals surface area (Å²) in [6.07, 6.45) is 5.65. The number of carbonyl (C=O) groups is 1. The number of nitrogens with zero attached hydrogens (tertiary/aromatic N) is 1. The van der Waals surface area contributed by atoms with Crippen LogP contribution in [-0.4, -0.2) is 42.8 Å². The maximum Gasteiger partial charge on any atom is 0.317 e. The predicted octanol–water partition coefficient (Wildman–Crippen LogP) is 3.22. The van der Waals surface area contributed by atoms with Crippen LogP contribution in [0.15, 0.2) is 30.3 Å². The number of piperidine rings is 1. The standard InChI is InChI=1S/C19H28N2O2/c1-2-23-17-10-12-21(13-11-17)19(22)20-18(16-8-9-16)14-15-6-4-3-5-7-15/h3-7,16-18H,2,8-14H2,1H3,(H,20,22)/t18-/m0/s1. The molecule has 0 radical (unpaired) electrons. The van der Waals surface area contributed by atoms with Crippen molar-refractivity contribution in [1.82, 2.24) is 10.2 Å². The Morgan fingerprint density at radius 2 is 1.91 bits per heavy atom. The predicted molar refractivity (Wildman–Crippen MR) is 91.4 cm³/mol. The number of urea groups is 1. The molecule has 3 rings (SSSR count). The second-order valence-corrected chi connectivity index (χ2v) is 6.72. The largest absolute Gasteiger partial charge is 0.378 e. The number of nitrogens with one attached hydrogen (secondary N) is 1. The van der Waals surface area contributed by atoms with Crippen LogP contribution in [0.1, 0.15) is 38.2 Å². The summed E-state index contributed by atoms with van der Waals surface area (Å²) in [6, 6.07) is 10.8. The van der Waals surface area contributed by atoms with E-state index in [1.165, 1.54) is 18.4 Å². The van der Waals surface area contributed by atoms with Crippen molar-refractivity contribution in [3.05, 3.63) is 35.9 Å². The van der Waals surface area contributed by atoms with Gasteiger partial charge in [0, 0.05) is 25.7 Å². The summed E-state index contributed by atoms with van der Waals surface area (Å²) in [5.74, 6) is 0.653. The third kappa shape index (κ3) is 4.71. The van der Waals surface area contributed by atoms with Crippen LogP contribution in [0.5, 0.6) is 0 Å². The molecule has 4 nitrogen and oxygen atoms in total. The number of hydrogen-bond donors (Lipinski definition) is 1. The Balaban J connectivity index is 1.51. The molecule has 1 heterocycles. The highest BCUT2D eigenvalue weighted by molar-refractivity contribution is 5.74. The van der Waals surface area contributed by atoms with Crippen molar-refractivity contribution in [2.45, 2.75) is 51.2 Å². The van der Waals surface area contributed by atoms with Crippen molar-refractivity contribution < 1.29 is 9.53 Å². The third-order valence-corrected chi connectivity index (χ3v) is 4.93. The van der Waals surface area contributed by atoms with Gasteiger partial charge in [0.1, 0.15) is 0 Å². The zero-order chi connectivity index (χ0) is 16.1. The molecule has 0 aromatic heterocycles. The zero-order valence-corrected chi connectivity index (χ0v) is 14.0. The van der Waals surface area contributed by atoms with E-state index in [2.05, 4.69) is 29.6 Å². The number of likely N-dealkylation sites (tertiary alicyclic amines) is 1. The van der Waals surface area contributed by atoms with Gasteiger partial charge in [-0.2, -0.15) is 0 Å². The van der Waals surface area contributed by atoms with E-state index >= 15 is 0 Å². The molecule has 1 aromatic carbocycles. The van der Waals surface area contributed by atoms with Gasteiger partial charge in [0.05, 0.1) is 6.10 Å². The normalized spacial score (nSPS) is 20.3. The first-order valence-electron chi connectivity index (χ1n) is 8.97. The highest BCUT2D eigenvalue weighted by Crippen LogP contribution is 2.34. The molecule has 1 saturated carbocycles. The molecular weight excluding hydrogens is 288 g/mol. The quantitative estimate of drug-likeness (QED) is 0.875. The summed E-state index contributed by atoms with van der Waals surface area (Å²) in [4.78, 5) is 14.5. The summed E-state index contributed by atoms with van der Waals surface area (Å²) < 4.78 is 5.66. The van der Waals surface area contributed by atoms with Crippen molar-refractivity contribution >= 4 is 6.03 Å². The first kappa shape index (κ1) is 16.3. The summed E-state index contributed by atoms with van der Waals surface area (Å²) in [7, 11) is 0. The van der Waals surface area contributed by atoms with Crippen LogP contribution in [0.4, 0.5) is 4.79 Å². The van der Waals surface area contributed by atoms with E-state index in [-0.39, 0.29) is 12.1 Å². The van der Waals surface area contributed by atoms with Gasteiger partial charge in [0.2, 0.25) is 0 Å². The number of amides is 2. The maximum atomic E-state index is 12.6. The van der Waals surface area contributed by atoms with E-state index in [1.807, 2.05) is 17.9 Å². The van der Waals surface area contributed by atoms with Crippen molar-refractivity contribution in [1.29, 1.82) is 0 Å². The minimum Gasteiger partial charge on any atom is -0.378 e. The van der Waals surface area contributed by atoms with Crippen molar-refractivity contribution in [2.75, 3.05) is 19.7 Å². The molecule has 0 spiro atoms. The van der Waals surface area contributed by atoms with Gasteiger partial charge in [0.15, 0.2) is 0 Å². The molecule has 0 unspecified atom stereocenters. The molecule has 1 atom stereocenters. The van der Waals surface area contributed by atoms with E-state index in [0.29, 0.717) is 12.0 Å². The number of carbonyl (C=O) groups excluding carboxylic acids is 1. The molecule has 126 valence electrons. The third-order valence-electron chi connectivity index (χ3n) is 4.93. The molecule has 4 heteroatoms. The van der Waals surface area contributed by atoms with E-state index < -0.39 is 0 Å². The average Bonchev–Trinajstić information content (AvgIpc) is 3.41. The summed E-state index contributed by atoms with van der Waals surface area (Å²) in [6.45, 7) is 4.40. The first-order valence-corrected chi connectivity index (χ1v) is 8.97. The SMILES string of the molecule is CCOC1CCN(C(=O)N[C@@H](Cc2ccccc2)C2CC2)CC1. The van der Waals surface area contributed by atoms with Crippen LogP contribution < -0.4 is 5.32 Å². The average molecular weight is 316 g/mol. The second kappa shape index (κ2) is 7.82. The highest BCUT2D eigenvalue weighted by Gasteiger charge is 2.33. The number of ether oxygens (including phenoxy) is 1. The molecule has 1 N–H and O–H groups in total. The zero-order valence-electron chi connectivity index (χ0n) is 14.0. The maximum absolute atomic E-state index is 12.6. The van der Waals surface area contributed by atoms with Gasteiger partial charge in [-0.3, -0.25) is 0 Å². The van der Waals surface area contributed by atoms with Gasteiger partial charge < -0.3 is 15.0 Å². The minimum absolute atomic E-state index is 0.104. The van der Waals surface area contributed by atoms with Crippen LogP contribution in [0.3, 0.4) is 0 Å². The van der Waals surface area contributed by atoms with E-state index in [0.717, 1.165) is 39.0 Å². The summed E-state index contributed by atoms with van der Waals surface area (Å²) in [5, 5.41) is 3.29. The Bertz CT molecular complexity index is 493. The first-order chi connectivity index (χ1) is 11.3. The highest BCUT2D eigenvalue weighted by atomic mass is 16.5. The lowest BCUT2D eigenvalue weighted by Crippen LogP contribution is -2.50. The molecule has 2 fully saturated rings. The van der Waals surface area contributed by atoms with Crippen LogP contribution >= 0.6 is 0 Å². The Morgan fingerprint density at radius 3 is 2.52 bits per heavy atom. The lowest BCUT2D eigenvalue weighted by atomic mass is 10.0. The Labute approximate surface area is 139 Å². The van der Waals surface area contributed by atoms with Crippen LogP contribution in [0.2, 0.25) is 0 Å². The molecular formula is C19H28N2O2. The Hall–Kier alpha value is -1.55. The lowest BCUT2D eigenvalue weighted by Gasteiger charge is -2.33. The fraction of sp³-hybridized carbons (Fsp3) is 0.632. The second-order valence-electron chi connectivity index (χ2n) is 6.72. The van der Waals surface area contributed by atoms with Gasteiger partial charge in [-0.05, 0) is 50.5 Å². The Kier molecular flexibility index (Phi) is 5.55. The minimum atomic E-state index is 0.104. The molecule has 1 saturated heterocycles. The molecule has 1 aliphatic carbocycles. The van der Waals surface area contributed by atoms with Crippen molar-refractivity contribution in [3.8, 4) is 0 Å². The molecule has 2 amide bonds. The molecule has 0 bridgehead atoms. The van der Waals surface area contributed by atoms with Crippen LogP contribution in [-0.2, 0) is 11.2 Å². The van der Waals surface area contributed by atoms with Gasteiger partial charge in [0.25, 0.3) is 0 Å². The van der Waals surface area contributed by atoms with Gasteiger partial charge >= 0.3 is 6.03 Å². The molecule has 23 heavy (non-hydrogen) atoms. The van der Waals surface area contributed by atoms with Crippen LogP contribution in [0, 0.1) is 5.92 Å². The van der Waals surface area contributed by atoms with E-state index in [1.54, 1.807) is 0 Å².